The number of carboxylic acids is 1. The maximum Gasteiger partial charge on any atom is 0.341 e. The maximum atomic E-state index is 10.6. The summed E-state index contributed by atoms with van der Waals surface area (Å²) in [5.74, 6) is -0.990. The highest BCUT2D eigenvalue weighted by molar-refractivity contribution is 5.92. The van der Waals surface area contributed by atoms with Crippen LogP contribution in [0.25, 0.3) is 0 Å². The fourth-order valence-corrected chi connectivity index (χ4v) is 0.896. The number of aromatic carboxylic acids is 1. The zero-order valence-electron chi connectivity index (χ0n) is 7.90. The average molecular weight is 183 g/mol. The van der Waals surface area contributed by atoms with Gasteiger partial charge in [0.15, 0.2) is 5.82 Å². The molecule has 0 saturated carbocycles. The Morgan fingerprint density at radius 2 is 2.15 bits per heavy atom. The topological polar surface area (TPSA) is 81.1 Å². The van der Waals surface area contributed by atoms with Gasteiger partial charge in [0.1, 0.15) is 5.56 Å². The normalized spacial score (nSPS) is 11.6. The molecule has 1 aromatic rings. The second kappa shape index (κ2) is 2.76. The van der Waals surface area contributed by atoms with Crippen molar-refractivity contribution in [2.45, 2.75) is 26.3 Å². The van der Waals surface area contributed by atoms with Gasteiger partial charge in [-0.3, -0.25) is 4.68 Å². The maximum absolute atomic E-state index is 10.6. The lowest BCUT2D eigenvalue weighted by Crippen LogP contribution is -2.22. The van der Waals surface area contributed by atoms with E-state index in [2.05, 4.69) is 5.10 Å². The molecule has 0 saturated heterocycles. The fraction of sp³-hybridized carbons (Fsp3) is 0.500. The van der Waals surface area contributed by atoms with Crippen molar-refractivity contribution in [2.75, 3.05) is 5.73 Å². The molecule has 0 aliphatic carbocycles. The molecule has 0 bridgehead atoms. The number of carboxylic acid groups (broad SMARTS) is 1. The van der Waals surface area contributed by atoms with Gasteiger partial charge in [-0.25, -0.2) is 4.79 Å². The van der Waals surface area contributed by atoms with Crippen LogP contribution in [0.4, 0.5) is 5.82 Å². The fourth-order valence-electron chi connectivity index (χ4n) is 0.896. The van der Waals surface area contributed by atoms with Gasteiger partial charge in [-0.1, -0.05) is 0 Å². The van der Waals surface area contributed by atoms with Gasteiger partial charge in [-0.05, 0) is 20.8 Å². The molecule has 0 unspecified atom stereocenters. The molecule has 0 fully saturated rings. The first kappa shape index (κ1) is 9.57. The predicted molar refractivity (Wildman–Crippen MR) is 48.6 cm³/mol. The van der Waals surface area contributed by atoms with Crippen molar-refractivity contribution in [2.24, 2.45) is 0 Å². The lowest BCUT2D eigenvalue weighted by atomic mass is 10.1. The van der Waals surface area contributed by atoms with E-state index in [0.29, 0.717) is 0 Å². The number of anilines is 1. The van der Waals surface area contributed by atoms with E-state index in [1.54, 1.807) is 4.68 Å². The minimum Gasteiger partial charge on any atom is -0.477 e. The van der Waals surface area contributed by atoms with E-state index in [-0.39, 0.29) is 16.9 Å². The third-order valence-electron chi connectivity index (χ3n) is 1.66. The van der Waals surface area contributed by atoms with Crippen LogP contribution in [0, 0.1) is 0 Å². The third-order valence-corrected chi connectivity index (χ3v) is 1.66. The first-order chi connectivity index (χ1) is 5.82. The number of aromatic nitrogens is 2. The average Bonchev–Trinajstić information content (AvgIpc) is 2.29. The zero-order valence-corrected chi connectivity index (χ0v) is 7.90. The Balaban J connectivity index is 3.17. The Kier molecular flexibility index (Phi) is 2.03. The summed E-state index contributed by atoms with van der Waals surface area (Å²) in [6, 6.07) is 0. The van der Waals surface area contributed by atoms with Crippen LogP contribution in [0.1, 0.15) is 31.1 Å². The van der Waals surface area contributed by atoms with Crippen molar-refractivity contribution in [3.8, 4) is 0 Å². The van der Waals surface area contributed by atoms with Crippen molar-refractivity contribution in [1.82, 2.24) is 9.78 Å². The molecule has 0 amide bonds. The molecule has 13 heavy (non-hydrogen) atoms. The summed E-state index contributed by atoms with van der Waals surface area (Å²) in [5.41, 5.74) is 5.23. The summed E-state index contributed by atoms with van der Waals surface area (Å²) in [6.45, 7) is 5.77. The van der Waals surface area contributed by atoms with E-state index >= 15 is 0 Å². The Labute approximate surface area is 76.2 Å². The molecule has 0 aliphatic heterocycles. The van der Waals surface area contributed by atoms with Crippen molar-refractivity contribution in [1.29, 1.82) is 0 Å². The molecule has 1 aromatic heterocycles. The molecule has 0 aliphatic rings. The summed E-state index contributed by atoms with van der Waals surface area (Å²) in [5, 5.41) is 12.6. The highest BCUT2D eigenvalue weighted by Crippen LogP contribution is 2.17. The van der Waals surface area contributed by atoms with Gasteiger partial charge >= 0.3 is 5.97 Å². The van der Waals surface area contributed by atoms with Crippen molar-refractivity contribution in [3.63, 3.8) is 0 Å². The summed E-state index contributed by atoms with van der Waals surface area (Å²) in [4.78, 5) is 10.6. The smallest absolute Gasteiger partial charge is 0.341 e. The molecule has 0 aromatic carbocycles. The van der Waals surface area contributed by atoms with Crippen LogP contribution in [0.15, 0.2) is 6.20 Å². The lowest BCUT2D eigenvalue weighted by molar-refractivity contribution is 0.0698. The summed E-state index contributed by atoms with van der Waals surface area (Å²) < 4.78 is 1.55. The number of carbonyl (C=O) groups is 1. The van der Waals surface area contributed by atoms with E-state index in [1.165, 1.54) is 6.20 Å². The van der Waals surface area contributed by atoms with Crippen molar-refractivity contribution >= 4 is 11.8 Å². The molecule has 5 nitrogen and oxygen atoms in total. The van der Waals surface area contributed by atoms with Crippen LogP contribution in [0.2, 0.25) is 0 Å². The van der Waals surface area contributed by atoms with E-state index < -0.39 is 5.97 Å². The van der Waals surface area contributed by atoms with E-state index in [4.69, 9.17) is 10.8 Å². The van der Waals surface area contributed by atoms with Crippen molar-refractivity contribution in [3.05, 3.63) is 11.8 Å². The minimum atomic E-state index is -1.05. The van der Waals surface area contributed by atoms with E-state index in [9.17, 15) is 4.79 Å². The number of hydrogen-bond donors (Lipinski definition) is 2. The SMILES string of the molecule is CC(C)(C)n1cc(C(=O)O)c(N)n1. The largest absolute Gasteiger partial charge is 0.477 e. The van der Waals surface area contributed by atoms with E-state index in [1.807, 2.05) is 20.8 Å². The molecule has 0 spiro atoms. The number of hydrogen-bond acceptors (Lipinski definition) is 3. The second-order valence-corrected chi connectivity index (χ2v) is 3.85. The van der Waals surface area contributed by atoms with Crippen LogP contribution < -0.4 is 5.73 Å². The van der Waals surface area contributed by atoms with Gasteiger partial charge in [0.2, 0.25) is 0 Å². The van der Waals surface area contributed by atoms with Gasteiger partial charge in [-0.2, -0.15) is 5.10 Å². The van der Waals surface area contributed by atoms with Crippen LogP contribution >= 0.6 is 0 Å². The first-order valence-corrected chi connectivity index (χ1v) is 3.91. The van der Waals surface area contributed by atoms with Crippen LogP contribution in [0.5, 0.6) is 0 Å². The number of nitrogen functional groups attached to an aromatic ring is 1. The highest BCUT2D eigenvalue weighted by atomic mass is 16.4. The molecule has 72 valence electrons. The quantitative estimate of drug-likeness (QED) is 0.678. The van der Waals surface area contributed by atoms with Gasteiger partial charge < -0.3 is 10.8 Å². The molecular formula is C8H13N3O2. The Bertz CT molecular complexity index is 336. The third kappa shape index (κ3) is 1.80. The first-order valence-electron chi connectivity index (χ1n) is 3.91. The lowest BCUT2D eigenvalue weighted by Gasteiger charge is -2.18. The molecule has 1 rings (SSSR count). The van der Waals surface area contributed by atoms with Crippen LogP contribution in [0.3, 0.4) is 0 Å². The number of nitrogens with zero attached hydrogens (tertiary/aromatic N) is 2. The number of rotatable bonds is 1. The van der Waals surface area contributed by atoms with Gasteiger partial charge in [0.25, 0.3) is 0 Å². The highest BCUT2D eigenvalue weighted by Gasteiger charge is 2.19. The predicted octanol–water partition coefficient (Wildman–Crippen LogP) is 0.918. The molecule has 3 N–H and O–H groups in total. The van der Waals surface area contributed by atoms with Gasteiger partial charge in [-0.15, -0.1) is 0 Å². The Morgan fingerprint density at radius 1 is 1.62 bits per heavy atom. The van der Waals surface area contributed by atoms with Gasteiger partial charge in [0.05, 0.1) is 5.54 Å². The van der Waals surface area contributed by atoms with Crippen molar-refractivity contribution < 1.29 is 9.90 Å². The standard InChI is InChI=1S/C8H13N3O2/c1-8(2,3)11-4-5(7(12)13)6(9)10-11/h4H,1-3H3,(H2,9,10)(H,12,13). The molecular weight excluding hydrogens is 170 g/mol. The zero-order chi connectivity index (χ0) is 10.2. The van der Waals surface area contributed by atoms with Crippen LogP contribution in [-0.4, -0.2) is 20.9 Å². The van der Waals surface area contributed by atoms with Crippen LogP contribution in [-0.2, 0) is 5.54 Å². The molecule has 1 heterocycles. The van der Waals surface area contributed by atoms with Gasteiger partial charge in [0, 0.05) is 6.20 Å². The molecule has 0 atom stereocenters. The summed E-state index contributed by atoms with van der Waals surface area (Å²) >= 11 is 0. The molecule has 0 radical (unpaired) electrons. The molecule has 5 heteroatoms. The minimum absolute atomic E-state index is 0.0509. The number of nitrogens with two attached hydrogens (primary N) is 1. The van der Waals surface area contributed by atoms with E-state index in [0.717, 1.165) is 0 Å². The Hall–Kier alpha value is -1.52. The monoisotopic (exact) mass is 183 g/mol. The second-order valence-electron chi connectivity index (χ2n) is 3.85. The summed E-state index contributed by atoms with van der Waals surface area (Å²) in [6.07, 6.45) is 1.44. The Morgan fingerprint density at radius 3 is 2.38 bits per heavy atom. The summed E-state index contributed by atoms with van der Waals surface area (Å²) in [7, 11) is 0.